The van der Waals surface area contributed by atoms with Gasteiger partial charge in [0, 0.05) is 32.3 Å². The highest BCUT2D eigenvalue weighted by molar-refractivity contribution is 5.86. The summed E-state index contributed by atoms with van der Waals surface area (Å²) in [6.45, 7) is 5.40. The van der Waals surface area contributed by atoms with Crippen LogP contribution in [0.5, 0.6) is 0 Å². The summed E-state index contributed by atoms with van der Waals surface area (Å²) in [5.41, 5.74) is 3.95. The number of rotatable bonds is 5. The highest BCUT2D eigenvalue weighted by Gasteiger charge is 2.12. The lowest BCUT2D eigenvalue weighted by atomic mass is 10.1. The Labute approximate surface area is 150 Å². The Morgan fingerprint density at radius 2 is 1.81 bits per heavy atom. The molecule has 0 radical (unpaired) electrons. The van der Waals surface area contributed by atoms with Gasteiger partial charge in [-0.3, -0.25) is 15.1 Å². The highest BCUT2D eigenvalue weighted by atomic mass is 16.4. The van der Waals surface area contributed by atoms with Crippen LogP contribution in [0, 0.1) is 0 Å². The SMILES string of the molecule is C=C(c1ccc(-c2cncc(-c3nnc(NC(C)=O)o3)n2)cc1)N(C)C. The monoisotopic (exact) mass is 350 g/mol. The van der Waals surface area contributed by atoms with Gasteiger partial charge in [0.25, 0.3) is 5.89 Å². The number of nitrogens with zero attached hydrogens (tertiary/aromatic N) is 5. The minimum Gasteiger partial charge on any atom is -0.401 e. The minimum absolute atomic E-state index is 0.0197. The van der Waals surface area contributed by atoms with Crippen molar-refractivity contribution in [3.63, 3.8) is 0 Å². The highest BCUT2D eigenvalue weighted by Crippen LogP contribution is 2.23. The van der Waals surface area contributed by atoms with Crippen LogP contribution < -0.4 is 5.32 Å². The lowest BCUT2D eigenvalue weighted by molar-refractivity contribution is -0.114. The van der Waals surface area contributed by atoms with Crippen LogP contribution in [0.25, 0.3) is 28.5 Å². The molecule has 0 aliphatic carbocycles. The Balaban J connectivity index is 1.86. The number of benzene rings is 1. The van der Waals surface area contributed by atoms with E-state index in [0.717, 1.165) is 16.8 Å². The third-order valence-corrected chi connectivity index (χ3v) is 3.62. The average molecular weight is 350 g/mol. The largest absolute Gasteiger partial charge is 0.401 e. The smallest absolute Gasteiger partial charge is 0.322 e. The summed E-state index contributed by atoms with van der Waals surface area (Å²) in [5, 5.41) is 10.1. The van der Waals surface area contributed by atoms with Crippen molar-refractivity contribution in [1.82, 2.24) is 25.1 Å². The molecule has 2 heterocycles. The summed E-state index contributed by atoms with van der Waals surface area (Å²) in [6.07, 6.45) is 3.18. The summed E-state index contributed by atoms with van der Waals surface area (Å²) >= 11 is 0. The Bertz CT molecular complexity index is 946. The van der Waals surface area contributed by atoms with Crippen LogP contribution in [0.15, 0.2) is 47.7 Å². The van der Waals surface area contributed by atoms with Gasteiger partial charge < -0.3 is 9.32 Å². The van der Waals surface area contributed by atoms with Crippen LogP contribution in [0.3, 0.4) is 0 Å². The van der Waals surface area contributed by atoms with E-state index in [1.54, 1.807) is 6.20 Å². The molecule has 1 amide bonds. The second-order valence-electron chi connectivity index (χ2n) is 5.80. The third kappa shape index (κ3) is 3.75. The van der Waals surface area contributed by atoms with Crippen LogP contribution in [-0.2, 0) is 4.79 Å². The van der Waals surface area contributed by atoms with E-state index in [1.165, 1.54) is 13.1 Å². The van der Waals surface area contributed by atoms with Gasteiger partial charge in [-0.05, 0) is 5.56 Å². The molecule has 3 aromatic rings. The standard InChI is InChI=1S/C18H18N6O2/c1-11(24(3)4)13-5-7-14(8-6-13)15-9-19-10-16(21-15)17-22-23-18(26-17)20-12(2)25/h5-10H,1H2,2-4H3,(H,20,23,25). The van der Waals surface area contributed by atoms with Crippen LogP contribution in [0.1, 0.15) is 12.5 Å². The fraction of sp³-hybridized carbons (Fsp3) is 0.167. The molecular weight excluding hydrogens is 332 g/mol. The molecule has 8 heteroatoms. The fourth-order valence-electron chi connectivity index (χ4n) is 2.23. The van der Waals surface area contributed by atoms with Crippen molar-refractivity contribution in [2.75, 3.05) is 19.4 Å². The Morgan fingerprint density at radius 1 is 1.12 bits per heavy atom. The number of hydrogen-bond donors (Lipinski definition) is 1. The number of carbonyl (C=O) groups is 1. The first-order valence-corrected chi connectivity index (χ1v) is 7.84. The molecule has 8 nitrogen and oxygen atoms in total. The molecule has 0 saturated heterocycles. The summed E-state index contributed by atoms with van der Waals surface area (Å²) in [6, 6.07) is 7.88. The first-order chi connectivity index (χ1) is 12.4. The number of hydrogen-bond acceptors (Lipinski definition) is 7. The Hall–Kier alpha value is -3.55. The molecule has 0 saturated carbocycles. The van der Waals surface area contributed by atoms with Crippen LogP contribution in [0.2, 0.25) is 0 Å². The predicted molar refractivity (Wildman–Crippen MR) is 97.8 cm³/mol. The average Bonchev–Trinajstić information content (AvgIpc) is 3.09. The molecular formula is C18H18N6O2. The first kappa shape index (κ1) is 17.3. The van der Waals surface area contributed by atoms with Gasteiger partial charge in [-0.1, -0.05) is 35.9 Å². The molecule has 26 heavy (non-hydrogen) atoms. The summed E-state index contributed by atoms with van der Waals surface area (Å²) in [5.74, 6) is -0.111. The van der Waals surface area contributed by atoms with E-state index in [0.29, 0.717) is 11.4 Å². The minimum atomic E-state index is -0.292. The van der Waals surface area contributed by atoms with Crippen molar-refractivity contribution >= 4 is 17.6 Å². The first-order valence-electron chi connectivity index (χ1n) is 7.84. The number of amides is 1. The molecule has 2 aromatic heterocycles. The molecule has 0 spiro atoms. The van der Waals surface area contributed by atoms with E-state index in [2.05, 4.69) is 32.1 Å². The molecule has 0 unspecified atom stereocenters. The van der Waals surface area contributed by atoms with Gasteiger partial charge in [-0.15, -0.1) is 5.10 Å². The van der Waals surface area contributed by atoms with Gasteiger partial charge >= 0.3 is 6.01 Å². The number of anilines is 1. The zero-order chi connectivity index (χ0) is 18.7. The van der Waals surface area contributed by atoms with Crippen molar-refractivity contribution < 1.29 is 9.21 Å². The van der Waals surface area contributed by atoms with Crippen LogP contribution in [0.4, 0.5) is 6.01 Å². The van der Waals surface area contributed by atoms with E-state index < -0.39 is 0 Å². The maximum atomic E-state index is 11.0. The normalized spacial score (nSPS) is 10.4. The van der Waals surface area contributed by atoms with Crippen molar-refractivity contribution in [2.24, 2.45) is 0 Å². The summed E-state index contributed by atoms with van der Waals surface area (Å²) < 4.78 is 5.37. The van der Waals surface area contributed by atoms with Crippen molar-refractivity contribution in [1.29, 1.82) is 0 Å². The maximum Gasteiger partial charge on any atom is 0.322 e. The lowest BCUT2D eigenvalue weighted by Gasteiger charge is -2.15. The van der Waals surface area contributed by atoms with Gasteiger partial charge in [-0.25, -0.2) is 4.98 Å². The van der Waals surface area contributed by atoms with Gasteiger partial charge in [-0.2, -0.15) is 0 Å². The Morgan fingerprint density at radius 3 is 2.46 bits per heavy atom. The number of carbonyl (C=O) groups excluding carboxylic acids is 1. The number of nitrogens with one attached hydrogen (secondary N) is 1. The predicted octanol–water partition coefficient (Wildman–Crippen LogP) is 2.68. The van der Waals surface area contributed by atoms with Gasteiger partial charge in [0.15, 0.2) is 0 Å². The van der Waals surface area contributed by atoms with E-state index in [1.807, 2.05) is 43.3 Å². The summed E-state index contributed by atoms with van der Waals surface area (Å²) in [7, 11) is 3.90. The van der Waals surface area contributed by atoms with E-state index in [-0.39, 0.29) is 17.8 Å². The zero-order valence-electron chi connectivity index (χ0n) is 14.7. The van der Waals surface area contributed by atoms with Crippen molar-refractivity contribution in [3.8, 4) is 22.8 Å². The van der Waals surface area contributed by atoms with Crippen LogP contribution in [-0.4, -0.2) is 45.1 Å². The van der Waals surface area contributed by atoms with Crippen molar-refractivity contribution in [2.45, 2.75) is 6.92 Å². The van der Waals surface area contributed by atoms with Gasteiger partial charge in [0.05, 0.1) is 18.1 Å². The van der Waals surface area contributed by atoms with Crippen LogP contribution >= 0.6 is 0 Å². The molecule has 132 valence electrons. The van der Waals surface area contributed by atoms with Gasteiger partial charge in [0.1, 0.15) is 5.69 Å². The van der Waals surface area contributed by atoms with Gasteiger partial charge in [0.2, 0.25) is 5.91 Å². The fourth-order valence-corrected chi connectivity index (χ4v) is 2.23. The molecule has 1 aromatic carbocycles. The van der Waals surface area contributed by atoms with E-state index in [4.69, 9.17) is 4.42 Å². The second kappa shape index (κ2) is 7.14. The van der Waals surface area contributed by atoms with E-state index >= 15 is 0 Å². The molecule has 0 bridgehead atoms. The maximum absolute atomic E-state index is 11.0. The molecule has 0 atom stereocenters. The lowest BCUT2D eigenvalue weighted by Crippen LogP contribution is -2.08. The zero-order valence-corrected chi connectivity index (χ0v) is 14.7. The summed E-state index contributed by atoms with van der Waals surface area (Å²) in [4.78, 5) is 21.7. The molecule has 0 aliphatic heterocycles. The molecule has 0 fully saturated rings. The van der Waals surface area contributed by atoms with Crippen molar-refractivity contribution in [3.05, 3.63) is 48.8 Å². The molecule has 3 rings (SSSR count). The molecule has 0 aliphatic rings. The molecule has 1 N–H and O–H groups in total. The third-order valence-electron chi connectivity index (χ3n) is 3.62. The van der Waals surface area contributed by atoms with E-state index in [9.17, 15) is 4.79 Å². The second-order valence-corrected chi connectivity index (χ2v) is 5.80. The quantitative estimate of drug-likeness (QED) is 0.755. The Kier molecular flexibility index (Phi) is 4.74. The number of aromatic nitrogens is 4. The topological polar surface area (TPSA) is 97.0 Å².